The van der Waals surface area contributed by atoms with Crippen molar-refractivity contribution in [1.82, 2.24) is 15.0 Å². The maximum atomic E-state index is 12.7. The highest BCUT2D eigenvalue weighted by Crippen LogP contribution is 2.22. The normalized spacial score (nSPS) is 15.7. The summed E-state index contributed by atoms with van der Waals surface area (Å²) in [5.74, 6) is 0. The average molecular weight is 382 g/mol. The molecule has 27 heavy (non-hydrogen) atoms. The Morgan fingerprint density at radius 3 is 2.56 bits per heavy atom. The van der Waals surface area contributed by atoms with E-state index in [4.69, 9.17) is 0 Å². The number of rotatable bonds is 6. The maximum absolute atomic E-state index is 12.7. The van der Waals surface area contributed by atoms with Gasteiger partial charge < -0.3 is 5.32 Å². The molecule has 140 valence electrons. The Bertz CT molecular complexity index is 1040. The molecule has 0 radical (unpaired) electrons. The second-order valence-electron chi connectivity index (χ2n) is 7.19. The van der Waals surface area contributed by atoms with Gasteiger partial charge in [-0.2, -0.15) is 0 Å². The van der Waals surface area contributed by atoms with Gasteiger partial charge in [0.05, 0.1) is 4.90 Å². The van der Waals surface area contributed by atoms with Crippen molar-refractivity contribution in [3.63, 3.8) is 0 Å². The lowest BCUT2D eigenvalue weighted by Crippen LogP contribution is -2.43. The molecule has 0 aliphatic heterocycles. The molecule has 0 unspecified atom stereocenters. The van der Waals surface area contributed by atoms with E-state index in [1.54, 1.807) is 30.6 Å². The Balaban J connectivity index is 1.37. The lowest BCUT2D eigenvalue weighted by Gasteiger charge is -2.18. The Hall–Kier alpha value is -2.28. The molecule has 0 fully saturated rings. The van der Waals surface area contributed by atoms with Gasteiger partial charge in [-0.15, -0.1) is 0 Å². The van der Waals surface area contributed by atoms with Gasteiger partial charge in [0.25, 0.3) is 0 Å². The van der Waals surface area contributed by atoms with Crippen LogP contribution in [0.25, 0.3) is 10.8 Å². The first kappa shape index (κ1) is 18.1. The number of nitrogens with zero attached hydrogens (tertiary/aromatic N) is 1. The second-order valence-corrected chi connectivity index (χ2v) is 8.90. The van der Waals surface area contributed by atoms with E-state index in [9.17, 15) is 8.42 Å². The summed E-state index contributed by atoms with van der Waals surface area (Å²) in [6.45, 7) is 2.48. The Morgan fingerprint density at radius 1 is 1.07 bits per heavy atom. The molecule has 0 saturated heterocycles. The van der Waals surface area contributed by atoms with Crippen molar-refractivity contribution in [1.29, 1.82) is 0 Å². The molecule has 4 rings (SSSR count). The molecule has 1 heterocycles. The third kappa shape index (κ3) is 4.03. The highest BCUT2D eigenvalue weighted by atomic mass is 32.2. The lowest BCUT2D eigenvalue weighted by molar-refractivity contribution is 0.482. The zero-order valence-electron chi connectivity index (χ0n) is 15.2. The number of hydrogen-bond acceptors (Lipinski definition) is 4. The van der Waals surface area contributed by atoms with Crippen LogP contribution in [0.3, 0.4) is 0 Å². The average Bonchev–Trinajstić information content (AvgIpc) is 3.09. The fourth-order valence-electron chi connectivity index (χ4n) is 3.65. The second kappa shape index (κ2) is 7.38. The van der Waals surface area contributed by atoms with Crippen molar-refractivity contribution in [2.45, 2.75) is 36.7 Å². The van der Waals surface area contributed by atoms with Gasteiger partial charge in [0, 0.05) is 36.4 Å². The van der Waals surface area contributed by atoms with E-state index < -0.39 is 10.0 Å². The van der Waals surface area contributed by atoms with Gasteiger partial charge in [-0.25, -0.2) is 13.1 Å². The van der Waals surface area contributed by atoms with E-state index in [0.29, 0.717) is 12.6 Å². The summed E-state index contributed by atoms with van der Waals surface area (Å²) in [5, 5.41) is 5.28. The number of nitrogens with one attached hydrogen (secondary N) is 2. The van der Waals surface area contributed by atoms with Crippen LogP contribution in [-0.4, -0.2) is 32.0 Å². The zero-order valence-corrected chi connectivity index (χ0v) is 16.0. The molecular formula is C21H23N3O2S. The standard InChI is InChI=1S/C21H23N3O2S/c1-15(13-23-20-10-16-4-2-3-5-17(16)11-20)24-27(25,26)21-7-6-19-14-22-9-8-18(19)12-21/h2-9,12,14-15,20,23-24H,10-11,13H2,1H3/t15-/m1/s1. The van der Waals surface area contributed by atoms with Crippen molar-refractivity contribution in [2.24, 2.45) is 0 Å². The van der Waals surface area contributed by atoms with Gasteiger partial charge in [-0.1, -0.05) is 30.3 Å². The third-order valence-electron chi connectivity index (χ3n) is 5.04. The Labute approximate surface area is 159 Å². The molecule has 5 nitrogen and oxygen atoms in total. The topological polar surface area (TPSA) is 71.1 Å². The number of sulfonamides is 1. The first-order valence-electron chi connectivity index (χ1n) is 9.17. The molecule has 0 bridgehead atoms. The minimum absolute atomic E-state index is 0.202. The van der Waals surface area contributed by atoms with Crippen LogP contribution in [-0.2, 0) is 22.9 Å². The zero-order chi connectivity index (χ0) is 18.9. The molecule has 1 aliphatic rings. The fourth-order valence-corrected chi connectivity index (χ4v) is 4.93. The molecular weight excluding hydrogens is 358 g/mol. The summed E-state index contributed by atoms with van der Waals surface area (Å²) >= 11 is 0. The van der Waals surface area contributed by atoms with Crippen LogP contribution in [0.2, 0.25) is 0 Å². The molecule has 0 spiro atoms. The highest BCUT2D eigenvalue weighted by molar-refractivity contribution is 7.89. The van der Waals surface area contributed by atoms with Crippen LogP contribution in [0.1, 0.15) is 18.1 Å². The van der Waals surface area contributed by atoms with Crippen molar-refractivity contribution >= 4 is 20.8 Å². The van der Waals surface area contributed by atoms with Crippen molar-refractivity contribution in [3.8, 4) is 0 Å². The van der Waals surface area contributed by atoms with E-state index >= 15 is 0 Å². The van der Waals surface area contributed by atoms with Gasteiger partial charge >= 0.3 is 0 Å². The molecule has 1 aromatic heterocycles. The Kier molecular flexibility index (Phi) is 4.95. The maximum Gasteiger partial charge on any atom is 0.240 e. The Morgan fingerprint density at radius 2 is 1.81 bits per heavy atom. The van der Waals surface area contributed by atoms with Crippen LogP contribution in [0.15, 0.2) is 65.8 Å². The summed E-state index contributed by atoms with van der Waals surface area (Å²) in [7, 11) is -3.56. The molecule has 2 aromatic carbocycles. The number of aromatic nitrogens is 1. The van der Waals surface area contributed by atoms with Gasteiger partial charge in [0.2, 0.25) is 10.0 Å². The molecule has 0 saturated carbocycles. The van der Waals surface area contributed by atoms with Crippen molar-refractivity contribution in [3.05, 3.63) is 72.1 Å². The van der Waals surface area contributed by atoms with E-state index in [2.05, 4.69) is 39.3 Å². The van der Waals surface area contributed by atoms with Crippen LogP contribution in [0, 0.1) is 0 Å². The predicted octanol–water partition coefficient (Wildman–Crippen LogP) is 2.66. The summed E-state index contributed by atoms with van der Waals surface area (Å²) < 4.78 is 28.2. The largest absolute Gasteiger partial charge is 0.312 e. The quantitative estimate of drug-likeness (QED) is 0.689. The lowest BCUT2D eigenvalue weighted by atomic mass is 10.1. The van der Waals surface area contributed by atoms with Crippen LogP contribution in [0.4, 0.5) is 0 Å². The summed E-state index contributed by atoms with van der Waals surface area (Å²) in [5.41, 5.74) is 2.77. The van der Waals surface area contributed by atoms with Crippen molar-refractivity contribution in [2.75, 3.05) is 6.54 Å². The predicted molar refractivity (Wildman–Crippen MR) is 107 cm³/mol. The van der Waals surface area contributed by atoms with E-state index in [0.717, 1.165) is 23.6 Å². The summed E-state index contributed by atoms with van der Waals surface area (Å²) in [4.78, 5) is 4.34. The summed E-state index contributed by atoms with van der Waals surface area (Å²) in [6.07, 6.45) is 5.38. The van der Waals surface area contributed by atoms with Gasteiger partial charge in [-0.05, 0) is 54.5 Å². The first-order chi connectivity index (χ1) is 13.0. The van der Waals surface area contributed by atoms with Gasteiger partial charge in [0.15, 0.2) is 0 Å². The van der Waals surface area contributed by atoms with E-state index in [1.807, 2.05) is 13.0 Å². The molecule has 1 atom stereocenters. The monoisotopic (exact) mass is 381 g/mol. The number of benzene rings is 2. The smallest absolute Gasteiger partial charge is 0.240 e. The highest BCUT2D eigenvalue weighted by Gasteiger charge is 2.22. The van der Waals surface area contributed by atoms with Gasteiger partial charge in [0.1, 0.15) is 0 Å². The van der Waals surface area contributed by atoms with Crippen LogP contribution >= 0.6 is 0 Å². The molecule has 1 aliphatic carbocycles. The number of pyridine rings is 1. The SMILES string of the molecule is C[C@H](CNC1Cc2ccccc2C1)NS(=O)(=O)c1ccc2cnccc2c1. The molecule has 3 aromatic rings. The minimum Gasteiger partial charge on any atom is -0.312 e. The number of hydrogen-bond donors (Lipinski definition) is 2. The minimum atomic E-state index is -3.56. The molecule has 6 heteroatoms. The van der Waals surface area contributed by atoms with E-state index in [-0.39, 0.29) is 10.9 Å². The number of fused-ring (bicyclic) bond motifs is 2. The molecule has 2 N–H and O–H groups in total. The molecule has 0 amide bonds. The van der Waals surface area contributed by atoms with Crippen molar-refractivity contribution < 1.29 is 8.42 Å². The first-order valence-corrected chi connectivity index (χ1v) is 10.7. The van der Waals surface area contributed by atoms with Gasteiger partial charge in [-0.3, -0.25) is 4.98 Å². The fraction of sp³-hybridized carbons (Fsp3) is 0.286. The van der Waals surface area contributed by atoms with E-state index in [1.165, 1.54) is 11.1 Å². The van der Waals surface area contributed by atoms with Crippen LogP contribution in [0.5, 0.6) is 0 Å². The summed E-state index contributed by atoms with van der Waals surface area (Å²) in [6, 6.07) is 15.5. The third-order valence-corrected chi connectivity index (χ3v) is 6.63. The van der Waals surface area contributed by atoms with Crippen LogP contribution < -0.4 is 10.0 Å².